The quantitative estimate of drug-likeness (QED) is 0.434. The molecule has 0 bridgehead atoms. The SMILES string of the molecule is Cl.[Cl-].c1cc[o+]cc1. The van der Waals surface area contributed by atoms with Crippen molar-refractivity contribution in [2.24, 2.45) is 0 Å². The number of rotatable bonds is 0. The highest BCUT2D eigenvalue weighted by Gasteiger charge is 1.72. The molecule has 0 atom stereocenters. The van der Waals surface area contributed by atoms with E-state index in [1.54, 1.807) is 12.5 Å². The zero-order chi connectivity index (χ0) is 4.24. The van der Waals surface area contributed by atoms with E-state index in [2.05, 4.69) is 4.42 Å². The summed E-state index contributed by atoms with van der Waals surface area (Å²) in [5, 5.41) is 0. The van der Waals surface area contributed by atoms with Crippen LogP contribution in [-0.2, 0) is 0 Å². The molecule has 1 nitrogen and oxygen atoms in total. The van der Waals surface area contributed by atoms with Gasteiger partial charge in [-0.05, 0) is 6.07 Å². The normalized spacial score (nSPS) is 6.00. The summed E-state index contributed by atoms with van der Waals surface area (Å²) in [6, 6.07) is 5.57. The Morgan fingerprint density at radius 3 is 1.50 bits per heavy atom. The highest BCUT2D eigenvalue weighted by atomic mass is 35.5. The Hall–Kier alpha value is -0.270. The van der Waals surface area contributed by atoms with E-state index >= 15 is 0 Å². The number of halogens is 2. The standard InChI is InChI=1S/C5H5O.2ClH/c1-2-4-6-5-3-1;;/h1-5H;2*1H/q+1;;/p-1. The number of hydrogen-bond donors (Lipinski definition) is 0. The molecule has 3 heteroatoms. The lowest BCUT2D eigenvalue weighted by molar-refractivity contribution is -0.00000178. The van der Waals surface area contributed by atoms with Crippen molar-refractivity contribution in [3.63, 3.8) is 0 Å². The molecule has 0 aliphatic carbocycles. The molecule has 0 unspecified atom stereocenters. The van der Waals surface area contributed by atoms with E-state index in [1.165, 1.54) is 0 Å². The summed E-state index contributed by atoms with van der Waals surface area (Å²) in [4.78, 5) is 0. The van der Waals surface area contributed by atoms with Gasteiger partial charge < -0.3 is 12.4 Å². The molecule has 0 amide bonds. The maximum absolute atomic E-state index is 4.68. The highest BCUT2D eigenvalue weighted by Crippen LogP contribution is 1.79. The summed E-state index contributed by atoms with van der Waals surface area (Å²) in [5.74, 6) is 0. The smallest absolute Gasteiger partial charge is 0.317 e. The van der Waals surface area contributed by atoms with E-state index < -0.39 is 0 Å². The molecule has 8 heavy (non-hydrogen) atoms. The van der Waals surface area contributed by atoms with Gasteiger partial charge in [-0.25, -0.2) is 4.42 Å². The zero-order valence-electron chi connectivity index (χ0n) is 4.08. The number of hydrogen-bond acceptors (Lipinski definition) is 0. The minimum Gasteiger partial charge on any atom is -1.00 e. The Bertz CT molecular complexity index is 82.4. The Labute approximate surface area is 60.5 Å². The van der Waals surface area contributed by atoms with Crippen molar-refractivity contribution in [3.8, 4) is 0 Å². The van der Waals surface area contributed by atoms with Crippen molar-refractivity contribution in [2.75, 3.05) is 0 Å². The molecule has 1 heterocycles. The fourth-order valence-electron chi connectivity index (χ4n) is 0.291. The second-order valence-electron chi connectivity index (χ2n) is 0.986. The second kappa shape index (κ2) is 6.73. The molecule has 0 spiro atoms. The first-order chi connectivity index (χ1) is 3.00. The van der Waals surface area contributed by atoms with Gasteiger partial charge in [-0.2, -0.15) is 0 Å². The van der Waals surface area contributed by atoms with E-state index in [1.807, 2.05) is 18.2 Å². The highest BCUT2D eigenvalue weighted by molar-refractivity contribution is 5.85. The van der Waals surface area contributed by atoms with Crippen molar-refractivity contribution in [1.82, 2.24) is 0 Å². The Morgan fingerprint density at radius 1 is 0.875 bits per heavy atom. The third kappa shape index (κ3) is 3.90. The van der Waals surface area contributed by atoms with Crippen LogP contribution in [0.5, 0.6) is 0 Å². The third-order valence-electron chi connectivity index (χ3n) is 0.536. The molecule has 1 aromatic rings. The average Bonchev–Trinajstić information content (AvgIpc) is 1.72. The minimum absolute atomic E-state index is 0. The summed E-state index contributed by atoms with van der Waals surface area (Å²) in [7, 11) is 0. The van der Waals surface area contributed by atoms with Crippen LogP contribution in [-0.4, -0.2) is 0 Å². The van der Waals surface area contributed by atoms with Gasteiger partial charge in [-0.15, -0.1) is 12.4 Å². The second-order valence-corrected chi connectivity index (χ2v) is 0.986. The van der Waals surface area contributed by atoms with Gasteiger partial charge in [-0.3, -0.25) is 0 Å². The first kappa shape index (κ1) is 10.7. The molecule has 0 fully saturated rings. The third-order valence-corrected chi connectivity index (χ3v) is 0.536. The van der Waals surface area contributed by atoms with Crippen molar-refractivity contribution in [3.05, 3.63) is 30.7 Å². The van der Waals surface area contributed by atoms with Gasteiger partial charge in [0.2, 0.25) is 0 Å². The lowest BCUT2D eigenvalue weighted by Crippen LogP contribution is -3.00. The van der Waals surface area contributed by atoms with Crippen LogP contribution >= 0.6 is 12.4 Å². The van der Waals surface area contributed by atoms with Crippen LogP contribution < -0.4 is 12.4 Å². The molecule has 0 aliphatic rings. The lowest BCUT2D eigenvalue weighted by Gasteiger charge is -1.57. The predicted octanol–water partition coefficient (Wildman–Crippen LogP) is -1.01. The summed E-state index contributed by atoms with van der Waals surface area (Å²) >= 11 is 0. The summed E-state index contributed by atoms with van der Waals surface area (Å²) in [5.41, 5.74) is 0. The summed E-state index contributed by atoms with van der Waals surface area (Å²) in [6.07, 6.45) is 3.25. The predicted molar refractivity (Wildman–Crippen MR) is 30.4 cm³/mol. The van der Waals surface area contributed by atoms with Crippen LogP contribution in [0.4, 0.5) is 0 Å². The zero-order valence-corrected chi connectivity index (χ0v) is 5.65. The monoisotopic (exact) mass is 152 g/mol. The van der Waals surface area contributed by atoms with Crippen LogP contribution in [0.1, 0.15) is 0 Å². The topological polar surface area (TPSA) is 11.3 Å². The first-order valence-electron chi connectivity index (χ1n) is 1.80. The molecule has 1 rings (SSSR count). The molecule has 0 N–H and O–H groups in total. The van der Waals surface area contributed by atoms with Crippen LogP contribution in [0, 0.1) is 0 Å². The molecule has 0 saturated carbocycles. The van der Waals surface area contributed by atoms with Crippen molar-refractivity contribution < 1.29 is 16.8 Å². The van der Waals surface area contributed by atoms with Gasteiger partial charge >= 0.3 is 12.5 Å². The van der Waals surface area contributed by atoms with Gasteiger partial charge in [-0.1, -0.05) is 0 Å². The van der Waals surface area contributed by atoms with Crippen molar-refractivity contribution in [2.45, 2.75) is 0 Å². The Morgan fingerprint density at radius 2 is 1.38 bits per heavy atom. The van der Waals surface area contributed by atoms with Crippen LogP contribution in [0.2, 0.25) is 0 Å². The molecule has 0 aromatic carbocycles. The van der Waals surface area contributed by atoms with E-state index in [4.69, 9.17) is 0 Å². The summed E-state index contributed by atoms with van der Waals surface area (Å²) < 4.78 is 4.68. The molecule has 0 aliphatic heterocycles. The molecular formula is C5H6Cl2O. The maximum atomic E-state index is 4.68. The van der Waals surface area contributed by atoms with Gasteiger partial charge in [0.15, 0.2) is 0 Å². The molecule has 46 valence electrons. The molecule has 0 radical (unpaired) electrons. The van der Waals surface area contributed by atoms with Gasteiger partial charge in [0.1, 0.15) is 0 Å². The largest absolute Gasteiger partial charge is 1.00 e. The Balaban J connectivity index is 0. The molecule has 0 saturated heterocycles. The van der Waals surface area contributed by atoms with E-state index in [9.17, 15) is 0 Å². The van der Waals surface area contributed by atoms with Crippen LogP contribution in [0.15, 0.2) is 35.1 Å². The fourth-order valence-corrected chi connectivity index (χ4v) is 0.291. The molecule has 1 aromatic heterocycles. The van der Waals surface area contributed by atoms with Gasteiger partial charge in [0.05, 0.1) is 0 Å². The minimum atomic E-state index is 0. The average molecular weight is 153 g/mol. The molecular weight excluding hydrogens is 147 g/mol. The van der Waals surface area contributed by atoms with Gasteiger partial charge in [0, 0.05) is 12.1 Å². The lowest BCUT2D eigenvalue weighted by atomic mass is 10.6. The van der Waals surface area contributed by atoms with Crippen LogP contribution in [0.25, 0.3) is 0 Å². The fraction of sp³-hybridized carbons (Fsp3) is 0. The van der Waals surface area contributed by atoms with Crippen LogP contribution in [0.3, 0.4) is 0 Å². The first-order valence-corrected chi connectivity index (χ1v) is 1.80. The van der Waals surface area contributed by atoms with Gasteiger partial charge in [0.25, 0.3) is 0 Å². The van der Waals surface area contributed by atoms with Crippen molar-refractivity contribution in [1.29, 1.82) is 0 Å². The van der Waals surface area contributed by atoms with E-state index in [0.717, 1.165) is 0 Å². The van der Waals surface area contributed by atoms with E-state index in [-0.39, 0.29) is 24.8 Å². The maximum Gasteiger partial charge on any atom is 0.317 e. The van der Waals surface area contributed by atoms with E-state index in [0.29, 0.717) is 0 Å². The van der Waals surface area contributed by atoms with Crippen molar-refractivity contribution >= 4 is 12.4 Å². The summed E-state index contributed by atoms with van der Waals surface area (Å²) in [6.45, 7) is 0. The Kier molecular flexibility index (Phi) is 8.97.